The van der Waals surface area contributed by atoms with Crippen molar-refractivity contribution in [3.63, 3.8) is 0 Å². The molecule has 1 aromatic rings. The summed E-state index contributed by atoms with van der Waals surface area (Å²) in [5.74, 6) is 1.47. The molecule has 2 fully saturated rings. The van der Waals surface area contributed by atoms with Gasteiger partial charge in [0.15, 0.2) is 0 Å². The minimum atomic E-state index is 0.0503. The van der Waals surface area contributed by atoms with Crippen molar-refractivity contribution >= 4 is 23.4 Å². The monoisotopic (exact) mass is 289 g/mol. The van der Waals surface area contributed by atoms with Gasteiger partial charge in [-0.2, -0.15) is 0 Å². The van der Waals surface area contributed by atoms with E-state index in [0.29, 0.717) is 11.7 Å². The number of hydrogen-bond acceptors (Lipinski definition) is 2. The Morgan fingerprint density at radius 1 is 1.10 bits per heavy atom. The van der Waals surface area contributed by atoms with Gasteiger partial charge in [0.05, 0.1) is 10.6 Å². The van der Waals surface area contributed by atoms with Gasteiger partial charge in [-0.05, 0) is 36.5 Å². The third kappa shape index (κ3) is 2.37. The first-order valence-corrected chi connectivity index (χ1v) is 8.68. The van der Waals surface area contributed by atoms with Gasteiger partial charge in [0.2, 0.25) is 5.91 Å². The normalized spacial score (nSPS) is 21.9. The Kier molecular flexibility index (Phi) is 3.80. The van der Waals surface area contributed by atoms with Crippen molar-refractivity contribution in [1.29, 1.82) is 0 Å². The van der Waals surface area contributed by atoms with Gasteiger partial charge >= 0.3 is 0 Å². The number of hydrogen-bond donors (Lipinski definition) is 0. The van der Waals surface area contributed by atoms with Crippen molar-refractivity contribution in [3.8, 4) is 0 Å². The predicted octanol–water partition coefficient (Wildman–Crippen LogP) is 4.55. The van der Waals surface area contributed by atoms with Crippen LogP contribution >= 0.6 is 11.8 Å². The molecule has 1 aliphatic carbocycles. The Morgan fingerprint density at radius 3 is 2.35 bits per heavy atom. The SMILES string of the molecule is CC(C)c1ccc(N2C(=O)CSC23CCCCC3)cc1. The molecule has 0 unspecified atom stereocenters. The van der Waals surface area contributed by atoms with Crippen LogP contribution in [0.5, 0.6) is 0 Å². The van der Waals surface area contributed by atoms with E-state index >= 15 is 0 Å². The lowest BCUT2D eigenvalue weighted by molar-refractivity contribution is -0.116. The third-order valence-corrected chi connectivity index (χ3v) is 6.09. The van der Waals surface area contributed by atoms with Crippen LogP contribution < -0.4 is 4.90 Å². The molecule has 3 heteroatoms. The maximum atomic E-state index is 12.4. The fourth-order valence-corrected chi connectivity index (χ4v) is 4.85. The molecule has 1 amide bonds. The van der Waals surface area contributed by atoms with E-state index in [0.717, 1.165) is 18.5 Å². The number of carbonyl (C=O) groups is 1. The van der Waals surface area contributed by atoms with E-state index in [1.165, 1.54) is 24.8 Å². The quantitative estimate of drug-likeness (QED) is 0.796. The van der Waals surface area contributed by atoms with Crippen molar-refractivity contribution in [2.75, 3.05) is 10.7 Å². The first kappa shape index (κ1) is 14.0. The second-order valence-corrected chi connectivity index (χ2v) is 7.61. The van der Waals surface area contributed by atoms with Gasteiger partial charge in [0.1, 0.15) is 0 Å². The van der Waals surface area contributed by atoms with Crippen LogP contribution in [0.4, 0.5) is 5.69 Å². The Morgan fingerprint density at radius 2 is 1.75 bits per heavy atom. The third-order valence-electron chi connectivity index (χ3n) is 4.57. The average molecular weight is 289 g/mol. The molecule has 0 radical (unpaired) electrons. The molecule has 108 valence electrons. The van der Waals surface area contributed by atoms with Gasteiger partial charge in [0.25, 0.3) is 0 Å². The maximum absolute atomic E-state index is 12.4. The van der Waals surface area contributed by atoms with E-state index in [2.05, 4.69) is 43.0 Å². The molecule has 0 atom stereocenters. The highest BCUT2D eigenvalue weighted by Crippen LogP contribution is 2.49. The summed E-state index contributed by atoms with van der Waals surface area (Å²) in [5.41, 5.74) is 2.43. The first-order chi connectivity index (χ1) is 9.62. The second-order valence-electron chi connectivity index (χ2n) is 6.27. The molecule has 0 aromatic heterocycles. The number of thioether (sulfide) groups is 1. The number of rotatable bonds is 2. The van der Waals surface area contributed by atoms with Crippen molar-refractivity contribution in [3.05, 3.63) is 29.8 Å². The number of anilines is 1. The Balaban J connectivity index is 1.91. The second kappa shape index (κ2) is 5.44. The van der Waals surface area contributed by atoms with E-state index in [9.17, 15) is 4.79 Å². The van der Waals surface area contributed by atoms with Gasteiger partial charge in [-0.1, -0.05) is 45.2 Å². The smallest absolute Gasteiger partial charge is 0.238 e. The Bertz CT molecular complexity index is 488. The molecule has 0 N–H and O–H groups in total. The molecule has 1 aliphatic heterocycles. The molecular weight excluding hydrogens is 266 g/mol. The maximum Gasteiger partial charge on any atom is 0.238 e. The topological polar surface area (TPSA) is 20.3 Å². The van der Waals surface area contributed by atoms with Crippen molar-refractivity contribution in [1.82, 2.24) is 0 Å². The molecule has 1 aromatic carbocycles. The summed E-state index contributed by atoms with van der Waals surface area (Å²) < 4.78 is 0. The van der Waals surface area contributed by atoms with E-state index in [1.807, 2.05) is 11.8 Å². The average Bonchev–Trinajstić information content (AvgIpc) is 2.76. The highest BCUT2D eigenvalue weighted by atomic mass is 32.2. The van der Waals surface area contributed by atoms with Crippen LogP contribution in [0.2, 0.25) is 0 Å². The zero-order chi connectivity index (χ0) is 14.2. The minimum Gasteiger partial charge on any atom is -0.297 e. The molecular formula is C17H23NOS. The van der Waals surface area contributed by atoms with Crippen molar-refractivity contribution in [2.24, 2.45) is 0 Å². The molecule has 20 heavy (non-hydrogen) atoms. The van der Waals surface area contributed by atoms with Crippen LogP contribution in [-0.4, -0.2) is 16.5 Å². The fraction of sp³-hybridized carbons (Fsp3) is 0.588. The zero-order valence-electron chi connectivity index (χ0n) is 12.4. The number of nitrogens with zero attached hydrogens (tertiary/aromatic N) is 1. The molecule has 2 aliphatic rings. The lowest BCUT2D eigenvalue weighted by Gasteiger charge is -2.40. The fourth-order valence-electron chi connectivity index (χ4n) is 3.41. The largest absolute Gasteiger partial charge is 0.297 e. The first-order valence-electron chi connectivity index (χ1n) is 7.69. The van der Waals surface area contributed by atoms with Gasteiger partial charge in [-0.3, -0.25) is 9.69 Å². The summed E-state index contributed by atoms with van der Waals surface area (Å²) in [4.78, 5) is 14.5. The summed E-state index contributed by atoms with van der Waals surface area (Å²) in [5, 5.41) is 0. The van der Waals surface area contributed by atoms with E-state index in [-0.39, 0.29) is 10.8 Å². The number of benzene rings is 1. The van der Waals surface area contributed by atoms with Crippen LogP contribution in [0.1, 0.15) is 57.4 Å². The van der Waals surface area contributed by atoms with E-state index < -0.39 is 0 Å². The van der Waals surface area contributed by atoms with Crippen molar-refractivity contribution in [2.45, 2.75) is 56.7 Å². The lowest BCUT2D eigenvalue weighted by atomic mass is 9.92. The number of amides is 1. The molecule has 1 spiro atoms. The van der Waals surface area contributed by atoms with Gasteiger partial charge < -0.3 is 0 Å². The highest BCUT2D eigenvalue weighted by molar-refractivity contribution is 8.02. The molecule has 3 rings (SSSR count). The molecule has 1 saturated carbocycles. The summed E-state index contributed by atoms with van der Waals surface area (Å²) in [6, 6.07) is 8.62. The molecule has 0 bridgehead atoms. The van der Waals surface area contributed by atoms with Gasteiger partial charge in [0, 0.05) is 5.69 Å². The van der Waals surface area contributed by atoms with Crippen molar-refractivity contribution < 1.29 is 4.79 Å². The Labute approximate surface area is 125 Å². The van der Waals surface area contributed by atoms with Gasteiger partial charge in [-0.15, -0.1) is 11.8 Å². The minimum absolute atomic E-state index is 0.0503. The summed E-state index contributed by atoms with van der Waals surface area (Å²) in [7, 11) is 0. The lowest BCUT2D eigenvalue weighted by Crippen LogP contribution is -2.45. The predicted molar refractivity (Wildman–Crippen MR) is 86.3 cm³/mol. The molecule has 1 saturated heterocycles. The highest BCUT2D eigenvalue weighted by Gasteiger charge is 2.47. The zero-order valence-corrected chi connectivity index (χ0v) is 13.2. The standard InChI is InChI=1S/C17H23NOS/c1-13(2)14-6-8-15(9-7-14)18-16(19)12-20-17(18)10-4-3-5-11-17/h6-9,13H,3-5,10-12H2,1-2H3. The summed E-state index contributed by atoms with van der Waals surface area (Å²) in [6.07, 6.45) is 6.11. The molecule has 2 nitrogen and oxygen atoms in total. The van der Waals surface area contributed by atoms with Crippen LogP contribution in [-0.2, 0) is 4.79 Å². The van der Waals surface area contributed by atoms with E-state index in [4.69, 9.17) is 0 Å². The number of carbonyl (C=O) groups excluding carboxylic acids is 1. The van der Waals surface area contributed by atoms with Crippen LogP contribution in [0, 0.1) is 0 Å². The van der Waals surface area contributed by atoms with Gasteiger partial charge in [-0.25, -0.2) is 0 Å². The van der Waals surface area contributed by atoms with Crippen LogP contribution in [0.3, 0.4) is 0 Å². The molecule has 1 heterocycles. The Hall–Kier alpha value is -0.960. The van der Waals surface area contributed by atoms with Crippen LogP contribution in [0.25, 0.3) is 0 Å². The summed E-state index contributed by atoms with van der Waals surface area (Å²) >= 11 is 1.86. The van der Waals surface area contributed by atoms with E-state index in [1.54, 1.807) is 0 Å². The summed E-state index contributed by atoms with van der Waals surface area (Å²) in [6.45, 7) is 4.41. The van der Waals surface area contributed by atoms with Crippen LogP contribution in [0.15, 0.2) is 24.3 Å².